The smallest absolute Gasteiger partial charge is 0.0899 e. The minimum atomic E-state index is 0.640. The van der Waals surface area contributed by atoms with Crippen LogP contribution in [-0.2, 0) is 0 Å². The van der Waals surface area contributed by atoms with E-state index in [4.69, 9.17) is 0 Å². The fraction of sp³-hybridized carbons (Fsp3) is 0.400. The quantitative estimate of drug-likeness (QED) is 0.395. The maximum absolute atomic E-state index is 3.86. The summed E-state index contributed by atoms with van der Waals surface area (Å²) < 4.78 is 0. The molecule has 0 aromatic carbocycles. The number of nitrogens with one attached hydrogen (secondary N) is 2. The highest BCUT2D eigenvalue weighted by atomic mass is 15.0. The highest BCUT2D eigenvalue weighted by molar-refractivity contribution is 5.55. The van der Waals surface area contributed by atoms with Gasteiger partial charge in [0.05, 0.1) is 13.0 Å². The molecular weight excluding hydrogens is 102 g/mol. The van der Waals surface area contributed by atoms with Gasteiger partial charge in [-0.1, -0.05) is 6.58 Å². The molecule has 2 N–H and O–H groups in total. The van der Waals surface area contributed by atoms with E-state index in [-0.39, 0.29) is 0 Å². The first-order chi connectivity index (χ1) is 3.91. The van der Waals surface area contributed by atoms with E-state index in [1.165, 1.54) is 0 Å². The molecule has 0 unspecified atom stereocenters. The van der Waals surface area contributed by atoms with Crippen molar-refractivity contribution in [3.63, 3.8) is 0 Å². The SMILES string of the molecule is C=CNC=NCNC. The van der Waals surface area contributed by atoms with E-state index >= 15 is 0 Å². The maximum atomic E-state index is 3.86. The molecule has 0 aromatic rings. The molecule has 0 fully saturated rings. The van der Waals surface area contributed by atoms with Gasteiger partial charge in [-0.15, -0.1) is 0 Å². The fourth-order valence-corrected chi connectivity index (χ4v) is 0.242. The molecule has 8 heavy (non-hydrogen) atoms. The molecular formula is C5H11N3. The third kappa shape index (κ3) is 5.17. The summed E-state index contributed by atoms with van der Waals surface area (Å²) in [4.78, 5) is 3.86. The molecule has 0 radical (unpaired) electrons. The highest BCUT2D eigenvalue weighted by Gasteiger charge is 1.65. The van der Waals surface area contributed by atoms with Crippen molar-refractivity contribution in [1.29, 1.82) is 0 Å². The second kappa shape index (κ2) is 6.17. The van der Waals surface area contributed by atoms with Crippen LogP contribution in [0.2, 0.25) is 0 Å². The van der Waals surface area contributed by atoms with Crippen LogP contribution in [0.3, 0.4) is 0 Å². The summed E-state index contributed by atoms with van der Waals surface area (Å²) in [7, 11) is 1.84. The van der Waals surface area contributed by atoms with Gasteiger partial charge in [-0.25, -0.2) is 0 Å². The molecule has 0 amide bonds. The van der Waals surface area contributed by atoms with Crippen LogP contribution in [0, 0.1) is 0 Å². The second-order valence-corrected chi connectivity index (χ2v) is 1.19. The molecule has 0 spiro atoms. The molecule has 0 heterocycles. The monoisotopic (exact) mass is 113 g/mol. The first-order valence-electron chi connectivity index (χ1n) is 2.41. The van der Waals surface area contributed by atoms with Crippen LogP contribution >= 0.6 is 0 Å². The Balaban J connectivity index is 2.94. The Labute approximate surface area is 49.5 Å². The number of aliphatic imine (C=N–C) groups is 1. The molecule has 0 bridgehead atoms. The van der Waals surface area contributed by atoms with Crippen molar-refractivity contribution in [2.75, 3.05) is 13.7 Å². The summed E-state index contributed by atoms with van der Waals surface area (Å²) in [5.41, 5.74) is 0. The normalized spacial score (nSPS) is 9.62. The Hall–Kier alpha value is -0.830. The lowest BCUT2D eigenvalue weighted by atomic mass is 10.9. The van der Waals surface area contributed by atoms with Crippen LogP contribution in [0.1, 0.15) is 0 Å². The first kappa shape index (κ1) is 7.17. The summed E-state index contributed by atoms with van der Waals surface area (Å²) in [6.07, 6.45) is 3.16. The van der Waals surface area contributed by atoms with E-state index in [0.29, 0.717) is 6.67 Å². The third-order valence-electron chi connectivity index (χ3n) is 0.533. The zero-order valence-electron chi connectivity index (χ0n) is 5.02. The molecule has 46 valence electrons. The Morgan fingerprint density at radius 2 is 2.50 bits per heavy atom. The average molecular weight is 113 g/mol. The van der Waals surface area contributed by atoms with Gasteiger partial charge in [0.1, 0.15) is 0 Å². The lowest BCUT2D eigenvalue weighted by Gasteiger charge is -1.87. The minimum Gasteiger partial charge on any atom is -0.354 e. The zero-order chi connectivity index (χ0) is 6.24. The summed E-state index contributed by atoms with van der Waals surface area (Å²) >= 11 is 0. The van der Waals surface area contributed by atoms with Crippen LogP contribution < -0.4 is 10.6 Å². The van der Waals surface area contributed by atoms with Crippen molar-refractivity contribution in [3.8, 4) is 0 Å². The maximum Gasteiger partial charge on any atom is 0.0899 e. The van der Waals surface area contributed by atoms with Crippen LogP contribution in [0.25, 0.3) is 0 Å². The van der Waals surface area contributed by atoms with Gasteiger partial charge in [0, 0.05) is 0 Å². The van der Waals surface area contributed by atoms with Crippen molar-refractivity contribution in [2.45, 2.75) is 0 Å². The van der Waals surface area contributed by atoms with Crippen LogP contribution in [0.4, 0.5) is 0 Å². The molecule has 0 aliphatic rings. The Kier molecular flexibility index (Phi) is 5.53. The molecule has 0 aliphatic heterocycles. The van der Waals surface area contributed by atoms with Crippen LogP contribution in [0.15, 0.2) is 17.8 Å². The van der Waals surface area contributed by atoms with Gasteiger partial charge >= 0.3 is 0 Å². The molecule has 0 saturated heterocycles. The largest absolute Gasteiger partial charge is 0.354 e. The molecule has 0 saturated carbocycles. The third-order valence-corrected chi connectivity index (χ3v) is 0.533. The molecule has 0 aliphatic carbocycles. The predicted octanol–water partition coefficient (Wildman–Crippen LogP) is -0.0753. The standard InChI is InChI=1S/C5H11N3/c1-3-7-5-8-4-6-2/h3,5-6H,1,4H2,2H3,(H,7,8). The van der Waals surface area contributed by atoms with Crippen molar-refractivity contribution >= 4 is 6.34 Å². The fourth-order valence-electron chi connectivity index (χ4n) is 0.242. The van der Waals surface area contributed by atoms with E-state index < -0.39 is 0 Å². The van der Waals surface area contributed by atoms with Crippen LogP contribution in [-0.4, -0.2) is 20.1 Å². The summed E-state index contributed by atoms with van der Waals surface area (Å²) in [6, 6.07) is 0. The molecule has 3 heteroatoms. The Morgan fingerprint density at radius 1 is 1.75 bits per heavy atom. The molecule has 0 aromatic heterocycles. The number of hydrogen-bond donors (Lipinski definition) is 2. The van der Waals surface area contributed by atoms with Crippen molar-refractivity contribution in [2.24, 2.45) is 4.99 Å². The topological polar surface area (TPSA) is 36.4 Å². The molecule has 0 atom stereocenters. The first-order valence-corrected chi connectivity index (χ1v) is 2.41. The van der Waals surface area contributed by atoms with Gasteiger partial charge in [-0.05, 0) is 13.2 Å². The summed E-state index contributed by atoms with van der Waals surface area (Å²) in [5, 5.41) is 5.57. The highest BCUT2D eigenvalue weighted by Crippen LogP contribution is 1.54. The average Bonchev–Trinajstić information content (AvgIpc) is 1.81. The molecule has 3 nitrogen and oxygen atoms in total. The van der Waals surface area contributed by atoms with Crippen molar-refractivity contribution in [3.05, 3.63) is 12.8 Å². The lowest BCUT2D eigenvalue weighted by Crippen LogP contribution is -2.08. The van der Waals surface area contributed by atoms with Gasteiger partial charge in [0.15, 0.2) is 0 Å². The van der Waals surface area contributed by atoms with Gasteiger partial charge in [-0.3, -0.25) is 4.99 Å². The van der Waals surface area contributed by atoms with Crippen molar-refractivity contribution < 1.29 is 0 Å². The number of nitrogens with zero attached hydrogens (tertiary/aromatic N) is 1. The second-order valence-electron chi connectivity index (χ2n) is 1.19. The Morgan fingerprint density at radius 3 is 3.00 bits per heavy atom. The van der Waals surface area contributed by atoms with E-state index in [2.05, 4.69) is 22.2 Å². The van der Waals surface area contributed by atoms with Gasteiger partial charge in [0.2, 0.25) is 0 Å². The zero-order valence-corrected chi connectivity index (χ0v) is 5.02. The van der Waals surface area contributed by atoms with Gasteiger partial charge in [-0.2, -0.15) is 0 Å². The van der Waals surface area contributed by atoms with E-state index in [9.17, 15) is 0 Å². The predicted molar refractivity (Wildman–Crippen MR) is 35.8 cm³/mol. The lowest BCUT2D eigenvalue weighted by molar-refractivity contribution is 0.834. The van der Waals surface area contributed by atoms with E-state index in [1.807, 2.05) is 7.05 Å². The summed E-state index contributed by atoms with van der Waals surface area (Å²) in [6.45, 7) is 4.08. The number of hydrogen-bond acceptors (Lipinski definition) is 2. The Bertz CT molecular complexity index is 77.7. The molecule has 0 rings (SSSR count). The minimum absolute atomic E-state index is 0.640. The van der Waals surface area contributed by atoms with Crippen LogP contribution in [0.5, 0.6) is 0 Å². The van der Waals surface area contributed by atoms with Gasteiger partial charge < -0.3 is 10.6 Å². The number of rotatable bonds is 4. The van der Waals surface area contributed by atoms with E-state index in [1.54, 1.807) is 12.5 Å². The van der Waals surface area contributed by atoms with Crippen molar-refractivity contribution in [1.82, 2.24) is 10.6 Å². The van der Waals surface area contributed by atoms with Gasteiger partial charge in [0.25, 0.3) is 0 Å². The van der Waals surface area contributed by atoms with E-state index in [0.717, 1.165) is 0 Å². The summed E-state index contributed by atoms with van der Waals surface area (Å²) in [5.74, 6) is 0.